The summed E-state index contributed by atoms with van der Waals surface area (Å²) in [5, 5.41) is 0. The number of allylic oxidation sites excluding steroid dienone is 1. The molecule has 0 radical (unpaired) electrons. The van der Waals surface area contributed by atoms with Gasteiger partial charge in [0.2, 0.25) is 0 Å². The topological polar surface area (TPSA) is 26.3 Å². The van der Waals surface area contributed by atoms with Gasteiger partial charge in [-0.15, -0.1) is 0 Å². The number of rotatable bonds is 2. The van der Waals surface area contributed by atoms with Gasteiger partial charge in [0.1, 0.15) is 5.41 Å². The van der Waals surface area contributed by atoms with Gasteiger partial charge in [0.15, 0.2) is 0 Å². The van der Waals surface area contributed by atoms with Gasteiger partial charge in [-0.1, -0.05) is 72.8 Å². The van der Waals surface area contributed by atoms with Crippen molar-refractivity contribution in [2.75, 3.05) is 6.61 Å². The molecule has 2 aromatic carbocycles. The lowest BCUT2D eigenvalue weighted by Crippen LogP contribution is -2.37. The Hall–Kier alpha value is -2.35. The molecule has 108 valence electrons. The van der Waals surface area contributed by atoms with E-state index in [0.29, 0.717) is 18.4 Å². The number of cyclic esters (lactones) is 1. The van der Waals surface area contributed by atoms with E-state index in [2.05, 4.69) is 48.6 Å². The molecule has 0 aromatic heterocycles. The Morgan fingerprint density at radius 2 is 1.64 bits per heavy atom. The number of ether oxygens (including phenoxy) is 1. The molecule has 0 amide bonds. The molecule has 2 nitrogen and oxygen atoms in total. The monoisotopic (exact) mass is 288 g/mol. The van der Waals surface area contributed by atoms with Crippen molar-refractivity contribution in [2.24, 2.45) is 11.3 Å². The fourth-order valence-corrected chi connectivity index (χ4v) is 4.87. The maximum absolute atomic E-state index is 12.7. The molecule has 0 N–H and O–H groups in total. The van der Waals surface area contributed by atoms with Gasteiger partial charge in [0, 0.05) is 11.3 Å². The first-order valence-electron chi connectivity index (χ1n) is 7.78. The highest BCUT2D eigenvalue weighted by Gasteiger charge is 2.82. The second-order valence-electron chi connectivity index (χ2n) is 6.56. The van der Waals surface area contributed by atoms with Gasteiger partial charge in [-0.05, 0) is 17.0 Å². The largest absolute Gasteiger partial charge is 0.464 e. The Balaban J connectivity index is 1.69. The Morgan fingerprint density at radius 3 is 2.36 bits per heavy atom. The molecule has 1 saturated heterocycles. The molecule has 1 saturated carbocycles. The van der Waals surface area contributed by atoms with Crippen LogP contribution in [0.3, 0.4) is 0 Å². The van der Waals surface area contributed by atoms with Crippen molar-refractivity contribution in [3.63, 3.8) is 0 Å². The first-order valence-corrected chi connectivity index (χ1v) is 7.78. The summed E-state index contributed by atoms with van der Waals surface area (Å²) in [4.78, 5) is 12.7. The SMILES string of the molecule is O=C1OC[C@]23[C@H](C=C[C@]12c1ccccc1)[C@H]3c1ccccc1. The number of carbonyl (C=O) groups is 1. The van der Waals surface area contributed by atoms with E-state index in [-0.39, 0.29) is 11.4 Å². The molecule has 2 aliphatic carbocycles. The number of carbonyl (C=O) groups excluding carboxylic acids is 1. The lowest BCUT2D eigenvalue weighted by atomic mass is 9.69. The first kappa shape index (κ1) is 12.2. The van der Waals surface area contributed by atoms with Crippen LogP contribution >= 0.6 is 0 Å². The van der Waals surface area contributed by atoms with E-state index >= 15 is 0 Å². The first-order chi connectivity index (χ1) is 10.8. The fourth-order valence-electron chi connectivity index (χ4n) is 4.87. The number of esters is 1. The minimum absolute atomic E-state index is 0.0871. The van der Waals surface area contributed by atoms with Crippen LogP contribution in [0.1, 0.15) is 17.0 Å². The minimum Gasteiger partial charge on any atom is -0.464 e. The third-order valence-corrected chi connectivity index (χ3v) is 5.84. The Morgan fingerprint density at radius 1 is 0.955 bits per heavy atom. The molecule has 5 rings (SSSR count). The maximum Gasteiger partial charge on any atom is 0.321 e. The molecule has 2 heteroatoms. The van der Waals surface area contributed by atoms with Gasteiger partial charge in [-0.2, -0.15) is 0 Å². The average molecular weight is 288 g/mol. The van der Waals surface area contributed by atoms with Gasteiger partial charge < -0.3 is 4.74 Å². The third kappa shape index (κ3) is 1.17. The van der Waals surface area contributed by atoms with Crippen LogP contribution < -0.4 is 0 Å². The normalized spacial score (nSPS) is 37.5. The van der Waals surface area contributed by atoms with Crippen LogP contribution in [0.4, 0.5) is 0 Å². The van der Waals surface area contributed by atoms with Crippen molar-refractivity contribution in [3.05, 3.63) is 83.9 Å². The van der Waals surface area contributed by atoms with Crippen LogP contribution in [0.15, 0.2) is 72.8 Å². The second kappa shape index (κ2) is 3.89. The molecule has 3 aliphatic rings. The molecule has 1 spiro atoms. The summed E-state index contributed by atoms with van der Waals surface area (Å²) in [7, 11) is 0. The molecule has 1 heterocycles. The van der Waals surface area contributed by atoms with E-state index in [1.165, 1.54) is 5.56 Å². The highest BCUT2D eigenvalue weighted by molar-refractivity contribution is 5.92. The van der Waals surface area contributed by atoms with E-state index < -0.39 is 5.41 Å². The number of hydrogen-bond donors (Lipinski definition) is 0. The predicted octanol–water partition coefficient (Wildman–Crippen LogP) is 3.45. The standard InChI is InChI=1S/C20H16O2/c21-18-19(15-9-5-2-6-10-15)12-11-16-17(20(16,19)13-22-18)14-7-3-1-4-8-14/h1-12,16-17H,13H2/t16-,17-,19+,20-/m1/s1. The molecule has 0 bridgehead atoms. The smallest absolute Gasteiger partial charge is 0.321 e. The fraction of sp³-hybridized carbons (Fsp3) is 0.250. The van der Waals surface area contributed by atoms with Crippen LogP contribution in [0, 0.1) is 11.3 Å². The van der Waals surface area contributed by atoms with Crippen molar-refractivity contribution < 1.29 is 9.53 Å². The Bertz CT molecular complexity index is 780. The minimum atomic E-state index is -0.598. The molecule has 0 unspecified atom stereocenters. The molecule has 2 aromatic rings. The molecule has 1 aliphatic heterocycles. The lowest BCUT2D eigenvalue weighted by Gasteiger charge is -2.28. The molecule has 22 heavy (non-hydrogen) atoms. The number of hydrogen-bond acceptors (Lipinski definition) is 2. The highest BCUT2D eigenvalue weighted by atomic mass is 16.5. The highest BCUT2D eigenvalue weighted by Crippen LogP contribution is 2.79. The molecule has 4 atom stereocenters. The van der Waals surface area contributed by atoms with Gasteiger partial charge >= 0.3 is 5.97 Å². The van der Waals surface area contributed by atoms with Gasteiger partial charge in [0.25, 0.3) is 0 Å². The number of benzene rings is 2. The van der Waals surface area contributed by atoms with Crippen molar-refractivity contribution in [1.29, 1.82) is 0 Å². The van der Waals surface area contributed by atoms with Crippen molar-refractivity contribution in [3.8, 4) is 0 Å². The van der Waals surface area contributed by atoms with Crippen LogP contribution in [-0.4, -0.2) is 12.6 Å². The third-order valence-electron chi connectivity index (χ3n) is 5.84. The van der Waals surface area contributed by atoms with Gasteiger partial charge in [-0.3, -0.25) is 4.79 Å². The van der Waals surface area contributed by atoms with Crippen LogP contribution in [0.2, 0.25) is 0 Å². The summed E-state index contributed by atoms with van der Waals surface area (Å²) in [6.07, 6.45) is 4.34. The summed E-state index contributed by atoms with van der Waals surface area (Å²) in [5.41, 5.74) is 1.66. The molecule has 2 fully saturated rings. The van der Waals surface area contributed by atoms with Crippen LogP contribution in [0.5, 0.6) is 0 Å². The summed E-state index contributed by atoms with van der Waals surface area (Å²) in [6, 6.07) is 20.6. The van der Waals surface area contributed by atoms with E-state index in [9.17, 15) is 4.79 Å². The van der Waals surface area contributed by atoms with Gasteiger partial charge in [0.05, 0.1) is 6.61 Å². The predicted molar refractivity (Wildman–Crippen MR) is 83.3 cm³/mol. The summed E-state index contributed by atoms with van der Waals surface area (Å²) >= 11 is 0. The van der Waals surface area contributed by atoms with E-state index in [1.54, 1.807) is 0 Å². The van der Waals surface area contributed by atoms with Crippen LogP contribution in [-0.2, 0) is 14.9 Å². The van der Waals surface area contributed by atoms with E-state index in [4.69, 9.17) is 4.74 Å². The molecular weight excluding hydrogens is 272 g/mol. The zero-order valence-electron chi connectivity index (χ0n) is 12.1. The van der Waals surface area contributed by atoms with Crippen molar-refractivity contribution in [2.45, 2.75) is 11.3 Å². The zero-order chi connectivity index (χ0) is 14.8. The second-order valence-corrected chi connectivity index (χ2v) is 6.56. The van der Waals surface area contributed by atoms with Crippen LogP contribution in [0.25, 0.3) is 0 Å². The Kier molecular flexibility index (Phi) is 2.16. The molecular formula is C20H16O2. The zero-order valence-corrected chi connectivity index (χ0v) is 12.1. The summed E-state index contributed by atoms with van der Waals surface area (Å²) < 4.78 is 5.58. The maximum atomic E-state index is 12.7. The van der Waals surface area contributed by atoms with Crippen molar-refractivity contribution >= 4 is 5.97 Å². The quantitative estimate of drug-likeness (QED) is 0.625. The summed E-state index contributed by atoms with van der Waals surface area (Å²) in [6.45, 7) is 0.526. The van der Waals surface area contributed by atoms with Gasteiger partial charge in [-0.25, -0.2) is 0 Å². The van der Waals surface area contributed by atoms with E-state index in [0.717, 1.165) is 5.56 Å². The average Bonchev–Trinajstić information content (AvgIpc) is 2.94. The Labute approximate surface area is 129 Å². The lowest BCUT2D eigenvalue weighted by molar-refractivity contribution is -0.141. The van der Waals surface area contributed by atoms with E-state index in [1.807, 2.05) is 24.3 Å². The van der Waals surface area contributed by atoms with Crippen molar-refractivity contribution in [1.82, 2.24) is 0 Å². The summed E-state index contributed by atoms with van der Waals surface area (Å²) in [5.74, 6) is 0.697.